The van der Waals surface area contributed by atoms with E-state index in [4.69, 9.17) is 9.31 Å². The molecule has 2 aliphatic heterocycles. The van der Waals surface area contributed by atoms with Gasteiger partial charge < -0.3 is 9.31 Å². The number of imide groups is 1. The van der Waals surface area contributed by atoms with E-state index in [1.165, 1.54) is 11.3 Å². The Bertz CT molecular complexity index is 1110. The first-order valence-electron chi connectivity index (χ1n) is 9.20. The van der Waals surface area contributed by atoms with E-state index in [0.717, 1.165) is 24.3 Å². The van der Waals surface area contributed by atoms with E-state index in [-0.39, 0.29) is 30.1 Å². The molecule has 0 aliphatic carbocycles. The number of amides is 2. The highest BCUT2D eigenvalue weighted by Gasteiger charge is 2.52. The molecule has 2 amide bonds. The molecule has 0 radical (unpaired) electrons. The number of hydrogen-bond acceptors (Lipinski definition) is 7. The summed E-state index contributed by atoms with van der Waals surface area (Å²) < 4.78 is 13.4. The van der Waals surface area contributed by atoms with Crippen LogP contribution in [0.15, 0.2) is 30.3 Å². The van der Waals surface area contributed by atoms with Gasteiger partial charge in [-0.15, -0.1) is 34.0 Å². The number of thiophene rings is 3. The van der Waals surface area contributed by atoms with Crippen molar-refractivity contribution in [3.05, 3.63) is 40.8 Å². The lowest BCUT2D eigenvalue weighted by Gasteiger charge is -2.32. The molecule has 5 heterocycles. The van der Waals surface area contributed by atoms with E-state index in [9.17, 15) is 9.59 Å². The Kier molecular flexibility index (Phi) is 4.21. The van der Waals surface area contributed by atoms with Crippen LogP contribution >= 0.6 is 34.0 Å². The maximum atomic E-state index is 11.8. The van der Waals surface area contributed by atoms with Gasteiger partial charge in [0.25, 0.3) is 11.8 Å². The van der Waals surface area contributed by atoms with Crippen molar-refractivity contribution in [3.8, 4) is 19.5 Å². The Hall–Kier alpha value is -1.78. The predicted octanol–water partition coefficient (Wildman–Crippen LogP) is 4.39. The molecule has 0 spiro atoms. The summed E-state index contributed by atoms with van der Waals surface area (Å²) in [6.07, 6.45) is 0. The van der Waals surface area contributed by atoms with Crippen molar-refractivity contribution in [1.29, 1.82) is 0 Å². The summed E-state index contributed by atoms with van der Waals surface area (Å²) in [5.41, 5.74) is -0.244. The second-order valence-corrected chi connectivity index (χ2v) is 11.3. The van der Waals surface area contributed by atoms with Gasteiger partial charge in [0.1, 0.15) is 4.88 Å². The van der Waals surface area contributed by atoms with E-state index in [1.54, 1.807) is 28.7 Å². The minimum atomic E-state index is -0.360. The Morgan fingerprint density at radius 2 is 1.38 bits per heavy atom. The smallest absolute Gasteiger partial charge is 0.399 e. The predicted molar refractivity (Wildman–Crippen MR) is 118 cm³/mol. The summed E-state index contributed by atoms with van der Waals surface area (Å²) in [7, 11) is -0.358. The van der Waals surface area contributed by atoms with Gasteiger partial charge in [-0.2, -0.15) is 0 Å². The van der Waals surface area contributed by atoms with Crippen molar-refractivity contribution >= 4 is 57.7 Å². The molecule has 0 unspecified atom stereocenters. The van der Waals surface area contributed by atoms with Crippen molar-refractivity contribution in [3.63, 3.8) is 0 Å². The van der Waals surface area contributed by atoms with Crippen molar-refractivity contribution in [2.75, 3.05) is 0 Å². The summed E-state index contributed by atoms with van der Waals surface area (Å²) in [5.74, 6) is -0.613. The molecule has 1 saturated heterocycles. The van der Waals surface area contributed by atoms with Crippen LogP contribution < -0.4 is 10.1 Å². The number of rotatable bonds is 3. The molecule has 3 aromatic heterocycles. The zero-order chi connectivity index (χ0) is 20.6. The van der Waals surface area contributed by atoms with E-state index in [0.29, 0.717) is 10.4 Å². The molecule has 1 fully saturated rings. The highest BCUT2D eigenvalue weighted by molar-refractivity contribution is 7.30. The largest absolute Gasteiger partial charge is 0.505 e. The minimum absolute atomic E-state index is 0.302. The summed E-state index contributed by atoms with van der Waals surface area (Å²) in [6, 6.07) is 10.1. The first-order valence-corrected chi connectivity index (χ1v) is 11.6. The maximum absolute atomic E-state index is 11.8. The lowest BCUT2D eigenvalue weighted by Crippen LogP contribution is -2.41. The molecule has 2 aliphatic rings. The normalized spacial score (nSPS) is 19.7. The van der Waals surface area contributed by atoms with Gasteiger partial charge in [0.15, 0.2) is 0 Å². The zero-order valence-corrected chi connectivity index (χ0v) is 18.8. The van der Waals surface area contributed by atoms with Crippen LogP contribution in [0, 0.1) is 0 Å². The summed E-state index contributed by atoms with van der Waals surface area (Å²) in [4.78, 5) is 28.4. The van der Waals surface area contributed by atoms with E-state index in [1.807, 2.05) is 6.07 Å². The fourth-order valence-corrected chi connectivity index (χ4v) is 6.45. The van der Waals surface area contributed by atoms with Gasteiger partial charge in [0, 0.05) is 24.3 Å². The van der Waals surface area contributed by atoms with Crippen molar-refractivity contribution in [2.24, 2.45) is 0 Å². The highest BCUT2D eigenvalue weighted by atomic mass is 32.1. The van der Waals surface area contributed by atoms with Crippen molar-refractivity contribution in [1.82, 2.24) is 5.32 Å². The first-order chi connectivity index (χ1) is 13.6. The molecule has 9 heteroatoms. The quantitative estimate of drug-likeness (QED) is 0.482. The maximum Gasteiger partial charge on any atom is 0.505 e. The molecule has 0 atom stereocenters. The van der Waals surface area contributed by atoms with E-state index < -0.39 is 0 Å². The minimum Gasteiger partial charge on any atom is -0.399 e. The van der Waals surface area contributed by atoms with Crippen LogP contribution in [-0.4, -0.2) is 30.1 Å². The van der Waals surface area contributed by atoms with Crippen LogP contribution in [0.3, 0.4) is 0 Å². The average Bonchev–Trinajstić information content (AvgIpc) is 3.40. The summed E-state index contributed by atoms with van der Waals surface area (Å²) in [6.45, 7) is 8.21. The van der Waals surface area contributed by atoms with Gasteiger partial charge in [0.05, 0.1) is 16.8 Å². The Morgan fingerprint density at radius 3 is 2.03 bits per heavy atom. The van der Waals surface area contributed by atoms with Crippen LogP contribution in [0.5, 0.6) is 0 Å². The number of carbonyl (C=O) groups excluding carboxylic acids is 2. The molecule has 3 aromatic rings. The summed E-state index contributed by atoms with van der Waals surface area (Å²) in [5, 5.41) is 2.33. The number of fused-ring (bicyclic) bond motifs is 1. The molecular weight excluding hydrogens is 425 g/mol. The monoisotopic (exact) mass is 443 g/mol. The number of hydrogen-bond donors (Lipinski definition) is 1. The molecule has 0 aromatic carbocycles. The highest BCUT2D eigenvalue weighted by Crippen LogP contribution is 2.42. The lowest BCUT2D eigenvalue weighted by molar-refractivity contribution is 0.00578. The van der Waals surface area contributed by atoms with Crippen LogP contribution in [0.2, 0.25) is 0 Å². The molecule has 148 valence electrons. The molecular formula is C20H18BNO4S3. The van der Waals surface area contributed by atoms with E-state index in [2.05, 4.69) is 51.2 Å². The van der Waals surface area contributed by atoms with Gasteiger partial charge in [0.2, 0.25) is 0 Å². The third kappa shape index (κ3) is 3.03. The fraction of sp³-hybridized carbons (Fsp3) is 0.300. The molecule has 29 heavy (non-hydrogen) atoms. The van der Waals surface area contributed by atoms with E-state index >= 15 is 0 Å². The molecule has 0 bridgehead atoms. The standard InChI is InChI=1S/C20H18BNO4S3/c1-19(2)20(3,4)26-21(25-19)15-8-7-12(28-15)11-5-6-13(27-11)14-9-10-16(29-14)18(24)22-17(10)23/h5-9H,1-4H3,(H,22,23,24). The lowest BCUT2D eigenvalue weighted by atomic mass is 9.88. The number of carbonyl (C=O) groups is 2. The fourth-order valence-electron chi connectivity index (χ4n) is 3.25. The van der Waals surface area contributed by atoms with Gasteiger partial charge in [-0.1, -0.05) is 6.07 Å². The molecule has 5 rings (SSSR count). The number of nitrogens with one attached hydrogen (secondary N) is 1. The Labute approximate surface area is 180 Å². The second kappa shape index (κ2) is 6.36. The second-order valence-electron chi connectivity index (χ2n) is 8.09. The van der Waals surface area contributed by atoms with Crippen molar-refractivity contribution in [2.45, 2.75) is 38.9 Å². The molecule has 1 N–H and O–H groups in total. The molecule has 5 nitrogen and oxygen atoms in total. The van der Waals surface area contributed by atoms with Gasteiger partial charge in [-0.25, -0.2) is 0 Å². The molecule has 0 saturated carbocycles. The van der Waals surface area contributed by atoms with Gasteiger partial charge in [-0.3, -0.25) is 14.9 Å². The SMILES string of the molecule is CC1(C)OB(c2ccc(-c3ccc(-c4cc5c(s4)C(=O)NC5=O)s3)s2)OC1(C)C. The van der Waals surface area contributed by atoms with Gasteiger partial charge >= 0.3 is 7.12 Å². The van der Waals surface area contributed by atoms with Crippen LogP contribution in [-0.2, 0) is 9.31 Å². The third-order valence-corrected chi connectivity index (χ3v) is 9.33. The zero-order valence-electron chi connectivity index (χ0n) is 16.3. The van der Waals surface area contributed by atoms with Crippen LogP contribution in [0.1, 0.15) is 47.7 Å². The van der Waals surface area contributed by atoms with Gasteiger partial charge in [-0.05, 0) is 52.0 Å². The topological polar surface area (TPSA) is 64.6 Å². The average molecular weight is 443 g/mol. The Balaban J connectivity index is 1.40. The van der Waals surface area contributed by atoms with Crippen LogP contribution in [0.25, 0.3) is 19.5 Å². The Morgan fingerprint density at radius 1 is 0.793 bits per heavy atom. The van der Waals surface area contributed by atoms with Crippen LogP contribution in [0.4, 0.5) is 0 Å². The first kappa shape index (κ1) is 19.2. The summed E-state index contributed by atoms with van der Waals surface area (Å²) >= 11 is 4.67. The van der Waals surface area contributed by atoms with Crippen molar-refractivity contribution < 1.29 is 18.9 Å². The third-order valence-electron chi connectivity index (χ3n) is 5.61.